The lowest BCUT2D eigenvalue weighted by molar-refractivity contribution is -0.895. The molecule has 0 aromatic heterocycles. The van der Waals surface area contributed by atoms with E-state index in [0.29, 0.717) is 37.7 Å². The van der Waals surface area contributed by atoms with Crippen molar-refractivity contribution in [3.8, 4) is 11.5 Å². The molecule has 1 atom stereocenters. The van der Waals surface area contributed by atoms with E-state index in [4.69, 9.17) is 9.47 Å². The van der Waals surface area contributed by atoms with Crippen molar-refractivity contribution in [3.63, 3.8) is 0 Å². The summed E-state index contributed by atoms with van der Waals surface area (Å²) in [4.78, 5) is 27.9. The van der Waals surface area contributed by atoms with Crippen LogP contribution in [0.4, 0.5) is 10.1 Å². The summed E-state index contributed by atoms with van der Waals surface area (Å²) in [6.07, 6.45) is -0.658. The third kappa shape index (κ3) is 4.54. The number of carbonyl (C=O) groups excluding carboxylic acids is 2. The molecule has 0 unspecified atom stereocenters. The third-order valence-corrected chi connectivity index (χ3v) is 5.38. The zero-order valence-electron chi connectivity index (χ0n) is 16.8. The molecule has 2 heterocycles. The summed E-state index contributed by atoms with van der Waals surface area (Å²) in [6, 6.07) is 12.0. The van der Waals surface area contributed by atoms with Gasteiger partial charge in [-0.05, 0) is 36.8 Å². The predicted molar refractivity (Wildman–Crippen MR) is 108 cm³/mol. The number of rotatable bonds is 4. The fourth-order valence-electron chi connectivity index (χ4n) is 3.71. The monoisotopic (exact) mass is 414 g/mol. The zero-order valence-corrected chi connectivity index (χ0v) is 16.8. The Hall–Kier alpha value is -3.13. The van der Waals surface area contributed by atoms with E-state index in [2.05, 4.69) is 5.32 Å². The van der Waals surface area contributed by atoms with Gasteiger partial charge in [-0.1, -0.05) is 18.2 Å². The lowest BCUT2D eigenvalue weighted by Crippen LogP contribution is -3.15. The maximum Gasteiger partial charge on any atom is 0.279 e. The number of nitrogens with zero attached hydrogens (tertiary/aromatic N) is 1. The van der Waals surface area contributed by atoms with Crippen LogP contribution in [0.1, 0.15) is 5.56 Å². The molecule has 0 radical (unpaired) electrons. The Morgan fingerprint density at radius 2 is 1.90 bits per heavy atom. The Bertz CT molecular complexity index is 944. The number of quaternary nitrogens is 1. The molecule has 8 heteroatoms. The number of hydrogen-bond donors (Lipinski definition) is 2. The first-order valence-electron chi connectivity index (χ1n) is 10.1. The Morgan fingerprint density at radius 3 is 2.63 bits per heavy atom. The van der Waals surface area contributed by atoms with Crippen LogP contribution in [-0.4, -0.2) is 62.1 Å². The summed E-state index contributed by atoms with van der Waals surface area (Å²) in [7, 11) is 0. The van der Waals surface area contributed by atoms with Gasteiger partial charge in [0.15, 0.2) is 18.0 Å². The van der Waals surface area contributed by atoms with Gasteiger partial charge in [0.1, 0.15) is 12.4 Å². The number of piperazine rings is 1. The number of aryl methyl sites for hydroxylation is 1. The molecule has 0 spiro atoms. The van der Waals surface area contributed by atoms with Crippen molar-refractivity contribution in [2.24, 2.45) is 0 Å². The van der Waals surface area contributed by atoms with Crippen molar-refractivity contribution >= 4 is 17.5 Å². The fourth-order valence-corrected chi connectivity index (χ4v) is 3.71. The minimum atomic E-state index is -0.658. The Morgan fingerprint density at radius 1 is 1.17 bits per heavy atom. The van der Waals surface area contributed by atoms with Crippen molar-refractivity contribution in [2.45, 2.75) is 13.0 Å². The van der Waals surface area contributed by atoms with Crippen molar-refractivity contribution < 1.29 is 28.4 Å². The zero-order chi connectivity index (χ0) is 21.1. The van der Waals surface area contributed by atoms with E-state index in [0.717, 1.165) is 10.5 Å². The maximum absolute atomic E-state index is 13.9. The summed E-state index contributed by atoms with van der Waals surface area (Å²) in [6.45, 7) is 4.55. The minimum absolute atomic E-state index is 0.102. The van der Waals surface area contributed by atoms with Gasteiger partial charge in [0.05, 0.1) is 31.9 Å². The number of nitrogens with one attached hydrogen (secondary N) is 2. The van der Waals surface area contributed by atoms with Crippen LogP contribution in [0.25, 0.3) is 0 Å². The summed E-state index contributed by atoms with van der Waals surface area (Å²) < 4.78 is 25.3. The second kappa shape index (κ2) is 8.71. The lowest BCUT2D eigenvalue weighted by Gasteiger charge is -2.35. The molecule has 2 aromatic carbocycles. The number of halogens is 1. The van der Waals surface area contributed by atoms with Crippen LogP contribution in [0.5, 0.6) is 11.5 Å². The first-order valence-corrected chi connectivity index (χ1v) is 10.1. The molecule has 158 valence electrons. The van der Waals surface area contributed by atoms with Crippen molar-refractivity contribution in [1.29, 1.82) is 0 Å². The van der Waals surface area contributed by atoms with Crippen molar-refractivity contribution in [2.75, 3.05) is 44.6 Å². The fraction of sp³-hybridized carbons (Fsp3) is 0.364. The Kier molecular flexibility index (Phi) is 5.85. The molecule has 1 saturated heterocycles. The first kappa shape index (κ1) is 20.2. The van der Waals surface area contributed by atoms with Gasteiger partial charge in [0.2, 0.25) is 6.10 Å². The third-order valence-electron chi connectivity index (χ3n) is 5.38. The van der Waals surface area contributed by atoms with Crippen LogP contribution in [0, 0.1) is 12.7 Å². The van der Waals surface area contributed by atoms with Gasteiger partial charge in [-0.25, -0.2) is 4.39 Å². The van der Waals surface area contributed by atoms with Gasteiger partial charge in [-0.15, -0.1) is 0 Å². The molecule has 1 fully saturated rings. The van der Waals surface area contributed by atoms with E-state index < -0.39 is 11.9 Å². The molecule has 2 N–H and O–H groups in total. The lowest BCUT2D eigenvalue weighted by atomic mass is 10.2. The molecular formula is C22H25FN3O4+. The number of amides is 2. The number of hydrogen-bond acceptors (Lipinski definition) is 4. The number of fused-ring (bicyclic) bond motifs is 1. The van der Waals surface area contributed by atoms with E-state index >= 15 is 0 Å². The van der Waals surface area contributed by atoms with E-state index in [1.54, 1.807) is 30.0 Å². The summed E-state index contributed by atoms with van der Waals surface area (Å²) in [5, 5.41) is 2.63. The SMILES string of the molecule is Cc1ccc(NC(=O)C[NH+]2CCN(C(=O)[C@H]3COc4ccccc4O3)CC2)c(F)c1. The molecule has 4 rings (SSSR count). The average Bonchev–Trinajstić information content (AvgIpc) is 2.75. The molecular weight excluding hydrogens is 389 g/mol. The van der Waals surface area contributed by atoms with Crippen LogP contribution >= 0.6 is 0 Å². The molecule has 0 aliphatic carbocycles. The highest BCUT2D eigenvalue weighted by molar-refractivity contribution is 5.91. The summed E-state index contributed by atoms with van der Waals surface area (Å²) in [5.74, 6) is 0.436. The summed E-state index contributed by atoms with van der Waals surface area (Å²) >= 11 is 0. The van der Waals surface area contributed by atoms with Gasteiger partial charge in [-0.3, -0.25) is 9.59 Å². The highest BCUT2D eigenvalue weighted by Gasteiger charge is 2.34. The standard InChI is InChI=1S/C22H24FN3O4/c1-15-6-7-17(16(23)12-15)24-21(27)13-25-8-10-26(11-9-25)22(28)20-14-29-18-4-2-3-5-19(18)30-20/h2-7,12,20H,8-11,13-14H2,1H3,(H,24,27)/p+1/t20-/m1/s1. The van der Waals surface area contributed by atoms with Gasteiger partial charge >= 0.3 is 0 Å². The normalized spacial score (nSPS) is 18.7. The predicted octanol–water partition coefficient (Wildman–Crippen LogP) is 0.640. The highest BCUT2D eigenvalue weighted by atomic mass is 19.1. The number of anilines is 1. The van der Waals surface area contributed by atoms with E-state index in [1.807, 2.05) is 18.2 Å². The van der Waals surface area contributed by atoms with Crippen LogP contribution in [0.3, 0.4) is 0 Å². The Balaban J connectivity index is 1.25. The van der Waals surface area contributed by atoms with Crippen LogP contribution < -0.4 is 19.7 Å². The van der Waals surface area contributed by atoms with Gasteiger partial charge < -0.3 is 24.6 Å². The van der Waals surface area contributed by atoms with Crippen LogP contribution in [0.15, 0.2) is 42.5 Å². The second-order valence-corrected chi connectivity index (χ2v) is 7.65. The molecule has 30 heavy (non-hydrogen) atoms. The maximum atomic E-state index is 13.9. The molecule has 2 aromatic rings. The first-order chi connectivity index (χ1) is 14.5. The number of ether oxygens (including phenoxy) is 2. The van der Waals surface area contributed by atoms with Gasteiger partial charge in [0.25, 0.3) is 11.8 Å². The van der Waals surface area contributed by atoms with Crippen molar-refractivity contribution in [1.82, 2.24) is 4.90 Å². The summed E-state index contributed by atoms with van der Waals surface area (Å²) in [5.41, 5.74) is 0.987. The van der Waals surface area contributed by atoms with Gasteiger partial charge in [-0.2, -0.15) is 0 Å². The van der Waals surface area contributed by atoms with E-state index in [-0.39, 0.29) is 30.7 Å². The molecule has 2 aliphatic heterocycles. The largest absolute Gasteiger partial charge is 0.485 e. The number of para-hydroxylation sites is 2. The van der Waals surface area contributed by atoms with Gasteiger partial charge in [0, 0.05) is 0 Å². The second-order valence-electron chi connectivity index (χ2n) is 7.65. The minimum Gasteiger partial charge on any atom is -0.485 e. The van der Waals surface area contributed by atoms with Crippen molar-refractivity contribution in [3.05, 3.63) is 53.8 Å². The average molecular weight is 414 g/mol. The Labute approximate surface area is 174 Å². The smallest absolute Gasteiger partial charge is 0.279 e. The molecule has 0 saturated carbocycles. The molecule has 7 nitrogen and oxygen atoms in total. The van der Waals surface area contributed by atoms with Crippen LogP contribution in [0.2, 0.25) is 0 Å². The van der Waals surface area contributed by atoms with E-state index in [9.17, 15) is 14.0 Å². The molecule has 0 bridgehead atoms. The van der Waals surface area contributed by atoms with E-state index in [1.165, 1.54) is 6.07 Å². The number of carbonyl (C=O) groups is 2. The topological polar surface area (TPSA) is 72.3 Å². The molecule has 2 aliphatic rings. The van der Waals surface area contributed by atoms with Crippen LogP contribution in [-0.2, 0) is 9.59 Å². The highest BCUT2D eigenvalue weighted by Crippen LogP contribution is 2.31. The quantitative estimate of drug-likeness (QED) is 0.770. The molecule has 2 amide bonds. The number of benzene rings is 2.